The molecule has 0 radical (unpaired) electrons. The molecule has 0 saturated carbocycles. The number of anilines is 1. The minimum Gasteiger partial charge on any atom is -0.366 e. The van der Waals surface area contributed by atoms with Crippen LogP contribution in [-0.2, 0) is 0 Å². The third kappa shape index (κ3) is 2.68. The minimum absolute atomic E-state index is 0.0925. The zero-order chi connectivity index (χ0) is 11.4. The first kappa shape index (κ1) is 11.5. The zero-order valence-electron chi connectivity index (χ0n) is 9.32. The summed E-state index contributed by atoms with van der Waals surface area (Å²) in [4.78, 5) is 17.2. The van der Waals surface area contributed by atoms with Crippen molar-refractivity contribution in [1.29, 1.82) is 0 Å². The number of aromatic amines is 1. The lowest BCUT2D eigenvalue weighted by Gasteiger charge is -2.23. The number of nitrogen functional groups attached to an aromatic ring is 1. The fourth-order valence-electron chi connectivity index (χ4n) is 1.35. The summed E-state index contributed by atoms with van der Waals surface area (Å²) in [5.41, 5.74) is 5.33. The number of nitrogens with one attached hydrogen (secondary N) is 1. The summed E-state index contributed by atoms with van der Waals surface area (Å²) in [6.07, 6.45) is 2.00. The van der Waals surface area contributed by atoms with Gasteiger partial charge in [-0.1, -0.05) is 13.3 Å². The van der Waals surface area contributed by atoms with Crippen molar-refractivity contribution < 1.29 is 4.79 Å². The molecule has 1 aromatic rings. The second-order valence-corrected chi connectivity index (χ2v) is 3.60. The maximum Gasteiger partial charge on any atom is 0.291 e. The van der Waals surface area contributed by atoms with Gasteiger partial charge in [-0.25, -0.2) is 0 Å². The van der Waals surface area contributed by atoms with Crippen molar-refractivity contribution in [3.05, 3.63) is 5.82 Å². The van der Waals surface area contributed by atoms with E-state index in [-0.39, 0.29) is 23.7 Å². The molecule has 1 aromatic heterocycles. The summed E-state index contributed by atoms with van der Waals surface area (Å²) >= 11 is 0. The number of carbonyl (C=O) groups is 1. The highest BCUT2D eigenvalue weighted by molar-refractivity contribution is 5.90. The van der Waals surface area contributed by atoms with Crippen LogP contribution in [0.3, 0.4) is 0 Å². The topological polar surface area (TPSA) is 87.9 Å². The Kier molecular flexibility index (Phi) is 3.65. The van der Waals surface area contributed by atoms with E-state index in [1.807, 2.05) is 6.92 Å². The van der Waals surface area contributed by atoms with E-state index in [4.69, 9.17) is 5.73 Å². The monoisotopic (exact) mass is 211 g/mol. The Bertz CT molecular complexity index is 335. The van der Waals surface area contributed by atoms with Gasteiger partial charge >= 0.3 is 0 Å². The molecule has 0 aromatic carbocycles. The largest absolute Gasteiger partial charge is 0.366 e. The molecule has 3 N–H and O–H groups in total. The first-order valence-electron chi connectivity index (χ1n) is 5.01. The Labute approximate surface area is 88.9 Å². The Morgan fingerprint density at radius 2 is 2.33 bits per heavy atom. The lowest BCUT2D eigenvalue weighted by molar-refractivity contribution is 0.0725. The third-order valence-electron chi connectivity index (χ3n) is 2.39. The molecule has 84 valence electrons. The van der Waals surface area contributed by atoms with Gasteiger partial charge in [-0.3, -0.25) is 9.89 Å². The van der Waals surface area contributed by atoms with Crippen LogP contribution in [0.4, 0.5) is 5.95 Å². The third-order valence-corrected chi connectivity index (χ3v) is 2.39. The number of carbonyl (C=O) groups excluding carboxylic acids is 1. The highest BCUT2D eigenvalue weighted by Crippen LogP contribution is 2.07. The SMILES string of the molecule is CCCC(C)N(C)C(=O)c1nc(N)n[nH]1. The van der Waals surface area contributed by atoms with Gasteiger partial charge in [-0.2, -0.15) is 4.98 Å². The van der Waals surface area contributed by atoms with Crippen LogP contribution < -0.4 is 5.73 Å². The van der Waals surface area contributed by atoms with E-state index in [0.717, 1.165) is 12.8 Å². The zero-order valence-corrected chi connectivity index (χ0v) is 9.32. The first-order valence-corrected chi connectivity index (χ1v) is 5.01. The summed E-state index contributed by atoms with van der Waals surface area (Å²) in [5.74, 6) is 0.105. The number of amides is 1. The van der Waals surface area contributed by atoms with Crippen LogP contribution in [0.25, 0.3) is 0 Å². The number of nitrogens with zero attached hydrogens (tertiary/aromatic N) is 3. The van der Waals surface area contributed by atoms with Gasteiger partial charge in [0, 0.05) is 13.1 Å². The van der Waals surface area contributed by atoms with Crippen LogP contribution in [0.1, 0.15) is 37.3 Å². The number of hydrogen-bond donors (Lipinski definition) is 2. The van der Waals surface area contributed by atoms with E-state index in [2.05, 4.69) is 22.1 Å². The highest BCUT2D eigenvalue weighted by atomic mass is 16.2. The molecule has 1 rings (SSSR count). The van der Waals surface area contributed by atoms with Gasteiger partial charge in [-0.15, -0.1) is 5.10 Å². The van der Waals surface area contributed by atoms with Gasteiger partial charge in [0.1, 0.15) is 0 Å². The van der Waals surface area contributed by atoms with E-state index >= 15 is 0 Å². The average Bonchev–Trinajstić information content (AvgIpc) is 2.63. The molecule has 6 nitrogen and oxygen atoms in total. The second kappa shape index (κ2) is 4.77. The Morgan fingerprint density at radius 1 is 1.67 bits per heavy atom. The Balaban J connectivity index is 2.68. The van der Waals surface area contributed by atoms with Crippen LogP contribution in [0, 0.1) is 0 Å². The van der Waals surface area contributed by atoms with Gasteiger partial charge in [0.2, 0.25) is 11.8 Å². The molecule has 1 heterocycles. The van der Waals surface area contributed by atoms with E-state index in [1.54, 1.807) is 11.9 Å². The Hall–Kier alpha value is -1.59. The number of aromatic nitrogens is 3. The maximum absolute atomic E-state index is 11.8. The molecule has 0 aliphatic carbocycles. The van der Waals surface area contributed by atoms with Crippen LogP contribution in [-0.4, -0.2) is 39.1 Å². The van der Waals surface area contributed by atoms with Crippen LogP contribution in [0.2, 0.25) is 0 Å². The average molecular weight is 211 g/mol. The molecule has 0 aliphatic heterocycles. The fraction of sp³-hybridized carbons (Fsp3) is 0.667. The van der Waals surface area contributed by atoms with Crippen molar-refractivity contribution in [3.63, 3.8) is 0 Å². The maximum atomic E-state index is 11.8. The molecular weight excluding hydrogens is 194 g/mol. The van der Waals surface area contributed by atoms with Crippen LogP contribution in [0.5, 0.6) is 0 Å². The van der Waals surface area contributed by atoms with E-state index in [1.165, 1.54) is 0 Å². The lowest BCUT2D eigenvalue weighted by atomic mass is 10.2. The summed E-state index contributed by atoms with van der Waals surface area (Å²) in [6.45, 7) is 4.09. The van der Waals surface area contributed by atoms with Gasteiger partial charge in [0.25, 0.3) is 5.91 Å². The molecule has 1 atom stereocenters. The fourth-order valence-corrected chi connectivity index (χ4v) is 1.35. The van der Waals surface area contributed by atoms with Gasteiger partial charge in [-0.05, 0) is 13.3 Å². The molecule has 0 bridgehead atoms. The first-order chi connectivity index (χ1) is 7.06. The lowest BCUT2D eigenvalue weighted by Crippen LogP contribution is -2.35. The van der Waals surface area contributed by atoms with E-state index in [9.17, 15) is 4.79 Å². The highest BCUT2D eigenvalue weighted by Gasteiger charge is 2.19. The van der Waals surface area contributed by atoms with Crippen molar-refractivity contribution in [2.45, 2.75) is 32.7 Å². The van der Waals surface area contributed by atoms with E-state index in [0.29, 0.717) is 0 Å². The molecule has 0 fully saturated rings. The second-order valence-electron chi connectivity index (χ2n) is 3.60. The van der Waals surface area contributed by atoms with Crippen molar-refractivity contribution in [2.24, 2.45) is 0 Å². The standard InChI is InChI=1S/C9H17N5O/c1-4-5-6(2)14(3)8(15)7-11-9(10)13-12-7/h6H,4-5H2,1-3H3,(H3,10,11,12,13). The predicted octanol–water partition coefficient (Wildman–Crippen LogP) is 0.647. The number of H-pyrrole nitrogens is 1. The molecule has 6 heteroatoms. The molecule has 1 unspecified atom stereocenters. The summed E-state index contributed by atoms with van der Waals surface area (Å²) in [5, 5.41) is 6.13. The van der Waals surface area contributed by atoms with Gasteiger partial charge < -0.3 is 10.6 Å². The molecular formula is C9H17N5O. The van der Waals surface area contributed by atoms with Crippen LogP contribution in [0.15, 0.2) is 0 Å². The van der Waals surface area contributed by atoms with Gasteiger partial charge in [0.05, 0.1) is 0 Å². The normalized spacial score (nSPS) is 12.5. The molecule has 15 heavy (non-hydrogen) atoms. The van der Waals surface area contributed by atoms with Crippen LogP contribution >= 0.6 is 0 Å². The summed E-state index contributed by atoms with van der Waals surface area (Å²) in [6, 6.07) is 0.189. The number of nitrogens with two attached hydrogens (primary N) is 1. The van der Waals surface area contributed by atoms with Gasteiger partial charge in [0.15, 0.2) is 0 Å². The van der Waals surface area contributed by atoms with Crippen molar-refractivity contribution in [2.75, 3.05) is 12.8 Å². The molecule has 0 saturated heterocycles. The minimum atomic E-state index is -0.180. The molecule has 0 spiro atoms. The number of hydrogen-bond acceptors (Lipinski definition) is 4. The summed E-state index contributed by atoms with van der Waals surface area (Å²) in [7, 11) is 1.75. The van der Waals surface area contributed by atoms with E-state index < -0.39 is 0 Å². The molecule has 0 aliphatic rings. The Morgan fingerprint density at radius 3 is 2.80 bits per heavy atom. The number of rotatable bonds is 4. The summed E-state index contributed by atoms with van der Waals surface area (Å²) < 4.78 is 0. The smallest absolute Gasteiger partial charge is 0.291 e. The predicted molar refractivity (Wildman–Crippen MR) is 57.3 cm³/mol. The van der Waals surface area contributed by atoms with Crippen molar-refractivity contribution in [1.82, 2.24) is 20.1 Å². The quantitative estimate of drug-likeness (QED) is 0.765. The van der Waals surface area contributed by atoms with Crippen molar-refractivity contribution >= 4 is 11.9 Å². The molecule has 1 amide bonds. The van der Waals surface area contributed by atoms with Crippen molar-refractivity contribution in [3.8, 4) is 0 Å².